The first-order chi connectivity index (χ1) is 7.74. The minimum Gasteiger partial charge on any atom is -0.381 e. The summed E-state index contributed by atoms with van der Waals surface area (Å²) in [7, 11) is 0. The number of anilines is 1. The van der Waals surface area contributed by atoms with Crippen LogP contribution >= 0.6 is 0 Å². The molecule has 0 saturated heterocycles. The fourth-order valence-electron chi connectivity index (χ4n) is 1.32. The van der Waals surface area contributed by atoms with Crippen LogP contribution in [0.15, 0.2) is 30.5 Å². The summed E-state index contributed by atoms with van der Waals surface area (Å²) in [5, 5.41) is 21.5. The monoisotopic (exact) mass is 209 g/mol. The van der Waals surface area contributed by atoms with E-state index in [1.165, 1.54) is 10.9 Å². The maximum atomic E-state index is 8.76. The summed E-state index contributed by atoms with van der Waals surface area (Å²) in [5.74, 6) is 0.185. The first-order valence-electron chi connectivity index (χ1n) is 4.50. The van der Waals surface area contributed by atoms with Crippen molar-refractivity contribution in [1.29, 1.82) is 10.5 Å². The number of benzene rings is 1. The minimum absolute atomic E-state index is 0.185. The fraction of sp³-hybridized carbons (Fsp3) is 0. The Labute approximate surface area is 92.0 Å². The lowest BCUT2D eigenvalue weighted by molar-refractivity contribution is 0.885. The molecule has 1 heterocycles. The highest BCUT2D eigenvalue weighted by Gasteiger charge is 2.06. The van der Waals surface area contributed by atoms with Crippen LogP contribution in [-0.4, -0.2) is 9.78 Å². The molecule has 0 aliphatic rings. The van der Waals surface area contributed by atoms with E-state index in [0.29, 0.717) is 16.8 Å². The number of rotatable bonds is 1. The molecule has 0 aliphatic heterocycles. The first-order valence-corrected chi connectivity index (χ1v) is 4.50. The molecule has 2 aromatic rings. The van der Waals surface area contributed by atoms with Gasteiger partial charge in [0.05, 0.1) is 23.5 Å². The molecule has 1 aromatic carbocycles. The Morgan fingerprint density at radius 3 is 2.69 bits per heavy atom. The van der Waals surface area contributed by atoms with Gasteiger partial charge in [-0.3, -0.25) is 0 Å². The van der Waals surface area contributed by atoms with Gasteiger partial charge in [0, 0.05) is 0 Å². The smallest absolute Gasteiger partial charge is 0.163 e. The Kier molecular flexibility index (Phi) is 2.29. The number of nitrogens with two attached hydrogens (primary N) is 1. The van der Waals surface area contributed by atoms with E-state index in [1.807, 2.05) is 12.1 Å². The standard InChI is InChI=1S/C11H7N5/c12-5-8-2-1-3-10(4-8)16-7-9(6-13)11(14)15-16/h1-4,7H,(H2,14,15). The van der Waals surface area contributed by atoms with Crippen LogP contribution in [0.3, 0.4) is 0 Å². The van der Waals surface area contributed by atoms with Crippen molar-refractivity contribution in [3.05, 3.63) is 41.6 Å². The number of nitrogen functional groups attached to an aromatic ring is 1. The van der Waals surface area contributed by atoms with Gasteiger partial charge < -0.3 is 5.73 Å². The molecule has 2 N–H and O–H groups in total. The third kappa shape index (κ3) is 1.58. The highest BCUT2D eigenvalue weighted by atomic mass is 15.3. The van der Waals surface area contributed by atoms with E-state index >= 15 is 0 Å². The van der Waals surface area contributed by atoms with Crippen LogP contribution in [0.5, 0.6) is 0 Å². The van der Waals surface area contributed by atoms with Gasteiger partial charge in [-0.25, -0.2) is 4.68 Å². The molecule has 0 fully saturated rings. The summed E-state index contributed by atoms with van der Waals surface area (Å²) in [6.45, 7) is 0. The second kappa shape index (κ2) is 3.76. The topological polar surface area (TPSA) is 91.4 Å². The van der Waals surface area contributed by atoms with Crippen LogP contribution < -0.4 is 5.73 Å². The van der Waals surface area contributed by atoms with Gasteiger partial charge in [0.15, 0.2) is 5.82 Å². The van der Waals surface area contributed by atoms with Crippen LogP contribution in [0.2, 0.25) is 0 Å². The molecule has 0 aliphatic carbocycles. The number of hydrogen-bond donors (Lipinski definition) is 1. The third-order valence-electron chi connectivity index (χ3n) is 2.10. The van der Waals surface area contributed by atoms with Crippen molar-refractivity contribution in [3.8, 4) is 17.8 Å². The van der Waals surface area contributed by atoms with Gasteiger partial charge >= 0.3 is 0 Å². The van der Waals surface area contributed by atoms with Gasteiger partial charge in [-0.2, -0.15) is 10.5 Å². The van der Waals surface area contributed by atoms with Crippen LogP contribution in [0, 0.1) is 22.7 Å². The van der Waals surface area contributed by atoms with Crippen molar-refractivity contribution < 1.29 is 0 Å². The van der Waals surface area contributed by atoms with Crippen molar-refractivity contribution in [2.24, 2.45) is 0 Å². The molecule has 0 atom stereocenters. The van der Waals surface area contributed by atoms with Crippen LogP contribution in [0.25, 0.3) is 5.69 Å². The van der Waals surface area contributed by atoms with E-state index in [9.17, 15) is 0 Å². The van der Waals surface area contributed by atoms with Gasteiger partial charge in [-0.05, 0) is 18.2 Å². The number of nitriles is 2. The zero-order chi connectivity index (χ0) is 11.5. The lowest BCUT2D eigenvalue weighted by Gasteiger charge is -2.00. The Bertz CT molecular complexity index is 612. The second-order valence-electron chi connectivity index (χ2n) is 3.15. The van der Waals surface area contributed by atoms with Gasteiger partial charge in [0.2, 0.25) is 0 Å². The average Bonchev–Trinajstić information content (AvgIpc) is 2.71. The zero-order valence-electron chi connectivity index (χ0n) is 8.25. The van der Waals surface area contributed by atoms with Gasteiger partial charge in [-0.1, -0.05) is 6.07 Å². The zero-order valence-corrected chi connectivity index (χ0v) is 8.25. The van der Waals surface area contributed by atoms with Crippen molar-refractivity contribution in [3.63, 3.8) is 0 Å². The van der Waals surface area contributed by atoms with E-state index in [4.69, 9.17) is 16.3 Å². The lowest BCUT2D eigenvalue weighted by atomic mass is 10.2. The molecule has 5 nitrogen and oxygen atoms in total. The van der Waals surface area contributed by atoms with Crippen molar-refractivity contribution in [1.82, 2.24) is 9.78 Å². The molecule has 1 aromatic heterocycles. The number of aromatic nitrogens is 2. The third-order valence-corrected chi connectivity index (χ3v) is 2.10. The Hall–Kier alpha value is -2.79. The maximum Gasteiger partial charge on any atom is 0.163 e. The summed E-state index contributed by atoms with van der Waals surface area (Å²) in [6.07, 6.45) is 1.53. The molecule has 5 heteroatoms. The predicted molar refractivity (Wildman–Crippen MR) is 57.4 cm³/mol. The quantitative estimate of drug-likeness (QED) is 0.763. The van der Waals surface area contributed by atoms with Gasteiger partial charge in [0.1, 0.15) is 11.6 Å². The molecular formula is C11H7N5. The number of nitrogens with zero attached hydrogens (tertiary/aromatic N) is 4. The van der Waals surface area contributed by atoms with Crippen molar-refractivity contribution in [2.75, 3.05) is 5.73 Å². The predicted octanol–water partition coefficient (Wildman–Crippen LogP) is 1.20. The summed E-state index contributed by atoms with van der Waals surface area (Å²) in [5.41, 5.74) is 7.10. The van der Waals surface area contributed by atoms with E-state index < -0.39 is 0 Å². The van der Waals surface area contributed by atoms with Crippen LogP contribution in [-0.2, 0) is 0 Å². The minimum atomic E-state index is 0.185. The van der Waals surface area contributed by atoms with Gasteiger partial charge in [-0.15, -0.1) is 5.10 Å². The van der Waals surface area contributed by atoms with Crippen LogP contribution in [0.4, 0.5) is 5.82 Å². The van der Waals surface area contributed by atoms with E-state index in [1.54, 1.807) is 24.3 Å². The molecule has 76 valence electrons. The fourth-order valence-corrected chi connectivity index (χ4v) is 1.32. The summed E-state index contributed by atoms with van der Waals surface area (Å²) in [4.78, 5) is 0. The largest absolute Gasteiger partial charge is 0.381 e. The highest BCUT2D eigenvalue weighted by Crippen LogP contribution is 2.14. The average molecular weight is 209 g/mol. The van der Waals surface area contributed by atoms with Crippen molar-refractivity contribution in [2.45, 2.75) is 0 Å². The second-order valence-corrected chi connectivity index (χ2v) is 3.15. The SMILES string of the molecule is N#Cc1cccc(-n2cc(C#N)c(N)n2)c1. The first kappa shape index (κ1) is 9.75. The molecule has 16 heavy (non-hydrogen) atoms. The molecule has 0 radical (unpaired) electrons. The lowest BCUT2D eigenvalue weighted by Crippen LogP contribution is -1.96. The summed E-state index contributed by atoms with van der Waals surface area (Å²) in [6, 6.07) is 10.9. The molecular weight excluding hydrogens is 202 g/mol. The normalized spacial score (nSPS) is 9.38. The molecule has 0 amide bonds. The Morgan fingerprint density at radius 2 is 2.06 bits per heavy atom. The molecule has 2 rings (SSSR count). The van der Waals surface area contributed by atoms with Crippen molar-refractivity contribution >= 4 is 5.82 Å². The molecule has 0 saturated carbocycles. The maximum absolute atomic E-state index is 8.76. The number of hydrogen-bond acceptors (Lipinski definition) is 4. The van der Waals surface area contributed by atoms with E-state index in [0.717, 1.165) is 0 Å². The van der Waals surface area contributed by atoms with E-state index in [2.05, 4.69) is 5.10 Å². The molecule has 0 spiro atoms. The Balaban J connectivity index is 2.52. The molecule has 0 unspecified atom stereocenters. The van der Waals surface area contributed by atoms with Crippen LogP contribution in [0.1, 0.15) is 11.1 Å². The van der Waals surface area contributed by atoms with Gasteiger partial charge in [0.25, 0.3) is 0 Å². The highest BCUT2D eigenvalue weighted by molar-refractivity contribution is 5.50. The molecule has 0 bridgehead atoms. The van der Waals surface area contributed by atoms with E-state index in [-0.39, 0.29) is 5.82 Å². The Morgan fingerprint density at radius 1 is 1.25 bits per heavy atom. The summed E-state index contributed by atoms with van der Waals surface area (Å²) >= 11 is 0. The summed E-state index contributed by atoms with van der Waals surface area (Å²) < 4.78 is 1.48.